The van der Waals surface area contributed by atoms with E-state index < -0.39 is 12.0 Å². The smallest absolute Gasteiger partial charge is 0.320 e. The number of carbonyl (C=O) groups is 1. The number of aliphatic carboxylic acids is 1. The first-order valence-corrected chi connectivity index (χ1v) is 7.37. The van der Waals surface area contributed by atoms with E-state index in [1.54, 1.807) is 7.11 Å². The van der Waals surface area contributed by atoms with Crippen molar-refractivity contribution in [2.45, 2.75) is 51.8 Å². The molecular weight excluding hydrogens is 270 g/mol. The van der Waals surface area contributed by atoms with Crippen LogP contribution in [0.25, 0.3) is 0 Å². The van der Waals surface area contributed by atoms with Gasteiger partial charge < -0.3 is 19.9 Å². The van der Waals surface area contributed by atoms with Crippen molar-refractivity contribution in [1.82, 2.24) is 5.32 Å². The van der Waals surface area contributed by atoms with Gasteiger partial charge in [-0.15, -0.1) is 0 Å². The number of ether oxygens (including phenoxy) is 2. The number of rotatable bonds is 7. The molecule has 0 fully saturated rings. The first-order chi connectivity index (χ1) is 10.0. The van der Waals surface area contributed by atoms with Crippen molar-refractivity contribution in [3.05, 3.63) is 23.3 Å². The zero-order valence-corrected chi connectivity index (χ0v) is 12.8. The van der Waals surface area contributed by atoms with E-state index in [0.29, 0.717) is 13.0 Å². The molecule has 1 heterocycles. The van der Waals surface area contributed by atoms with Gasteiger partial charge in [-0.3, -0.25) is 4.79 Å². The summed E-state index contributed by atoms with van der Waals surface area (Å²) >= 11 is 0. The van der Waals surface area contributed by atoms with Crippen LogP contribution in [-0.2, 0) is 17.8 Å². The van der Waals surface area contributed by atoms with E-state index in [9.17, 15) is 9.90 Å². The monoisotopic (exact) mass is 293 g/mol. The van der Waals surface area contributed by atoms with E-state index in [-0.39, 0.29) is 6.10 Å². The molecule has 2 rings (SSSR count). The van der Waals surface area contributed by atoms with Gasteiger partial charge in [-0.2, -0.15) is 0 Å². The second-order valence-electron chi connectivity index (χ2n) is 5.46. The van der Waals surface area contributed by atoms with Crippen molar-refractivity contribution in [2.24, 2.45) is 0 Å². The third-order valence-corrected chi connectivity index (χ3v) is 3.71. The van der Waals surface area contributed by atoms with Crippen LogP contribution in [0.5, 0.6) is 11.5 Å². The number of nitrogens with one attached hydrogen (secondary N) is 1. The van der Waals surface area contributed by atoms with Crippen LogP contribution in [0.1, 0.15) is 37.8 Å². The van der Waals surface area contributed by atoms with Gasteiger partial charge in [0.25, 0.3) is 0 Å². The molecule has 0 bridgehead atoms. The molecule has 1 aromatic carbocycles. The van der Waals surface area contributed by atoms with Crippen LogP contribution in [-0.4, -0.2) is 30.3 Å². The molecule has 0 spiro atoms. The number of carboxylic acid groups (broad SMARTS) is 1. The van der Waals surface area contributed by atoms with Gasteiger partial charge in [0.1, 0.15) is 23.6 Å². The van der Waals surface area contributed by atoms with Crippen molar-refractivity contribution in [1.29, 1.82) is 0 Å². The van der Waals surface area contributed by atoms with Gasteiger partial charge in [-0.1, -0.05) is 13.3 Å². The lowest BCUT2D eigenvalue weighted by Crippen LogP contribution is -2.36. The van der Waals surface area contributed by atoms with Crippen LogP contribution >= 0.6 is 0 Å². The van der Waals surface area contributed by atoms with Crippen molar-refractivity contribution >= 4 is 5.97 Å². The van der Waals surface area contributed by atoms with Gasteiger partial charge in [-0.25, -0.2) is 0 Å². The van der Waals surface area contributed by atoms with E-state index in [2.05, 4.69) is 5.32 Å². The summed E-state index contributed by atoms with van der Waals surface area (Å²) in [4.78, 5) is 11.2. The number of carboxylic acids is 1. The van der Waals surface area contributed by atoms with Crippen LogP contribution in [0, 0.1) is 0 Å². The Morgan fingerprint density at radius 3 is 2.95 bits per heavy atom. The fourth-order valence-corrected chi connectivity index (χ4v) is 2.64. The Morgan fingerprint density at radius 2 is 2.33 bits per heavy atom. The minimum absolute atomic E-state index is 0.180. The van der Waals surface area contributed by atoms with E-state index in [0.717, 1.165) is 35.5 Å². The molecule has 1 aliphatic rings. The van der Waals surface area contributed by atoms with Crippen molar-refractivity contribution < 1.29 is 19.4 Å². The normalized spacial score (nSPS) is 18.0. The number of methoxy groups -OCH3 is 1. The quantitative estimate of drug-likeness (QED) is 0.808. The fourth-order valence-electron chi connectivity index (χ4n) is 2.64. The third-order valence-electron chi connectivity index (χ3n) is 3.71. The highest BCUT2D eigenvalue weighted by molar-refractivity contribution is 5.73. The highest BCUT2D eigenvalue weighted by Crippen LogP contribution is 2.34. The molecule has 116 valence electrons. The average Bonchev–Trinajstić information content (AvgIpc) is 2.80. The second-order valence-corrected chi connectivity index (χ2v) is 5.46. The first-order valence-electron chi connectivity index (χ1n) is 7.37. The molecule has 2 N–H and O–H groups in total. The lowest BCUT2D eigenvalue weighted by Gasteiger charge is -2.16. The number of benzene rings is 1. The maximum absolute atomic E-state index is 11.2. The average molecular weight is 293 g/mol. The zero-order valence-electron chi connectivity index (χ0n) is 12.8. The van der Waals surface area contributed by atoms with Gasteiger partial charge in [0.05, 0.1) is 7.11 Å². The standard InChI is InChI=1S/C16H23NO4/c1-4-5-13(16(18)19)17-9-12-8-15-11(6-10(2)21-15)7-14(12)20-3/h7-8,10,13,17H,4-6,9H2,1-3H3,(H,18,19). The Balaban J connectivity index is 2.12. The molecule has 0 aromatic heterocycles. The molecule has 21 heavy (non-hydrogen) atoms. The molecule has 0 aliphatic carbocycles. The van der Waals surface area contributed by atoms with Gasteiger partial charge in [0.15, 0.2) is 0 Å². The van der Waals surface area contributed by atoms with E-state index >= 15 is 0 Å². The van der Waals surface area contributed by atoms with E-state index in [1.165, 1.54) is 0 Å². The highest BCUT2D eigenvalue weighted by atomic mass is 16.5. The summed E-state index contributed by atoms with van der Waals surface area (Å²) in [6.07, 6.45) is 2.49. The number of hydrogen-bond acceptors (Lipinski definition) is 4. The number of fused-ring (bicyclic) bond motifs is 1. The van der Waals surface area contributed by atoms with Gasteiger partial charge in [0.2, 0.25) is 0 Å². The highest BCUT2D eigenvalue weighted by Gasteiger charge is 2.22. The molecule has 5 nitrogen and oxygen atoms in total. The minimum Gasteiger partial charge on any atom is -0.496 e. The molecule has 5 heteroatoms. The Morgan fingerprint density at radius 1 is 1.57 bits per heavy atom. The summed E-state index contributed by atoms with van der Waals surface area (Å²) in [7, 11) is 1.63. The molecule has 0 radical (unpaired) electrons. The molecule has 0 saturated heterocycles. The molecule has 2 unspecified atom stereocenters. The van der Waals surface area contributed by atoms with Crippen molar-refractivity contribution in [3.8, 4) is 11.5 Å². The van der Waals surface area contributed by atoms with Crippen LogP contribution < -0.4 is 14.8 Å². The van der Waals surface area contributed by atoms with Crippen LogP contribution in [0.15, 0.2) is 12.1 Å². The molecule has 0 saturated carbocycles. The Labute approximate surface area is 125 Å². The molecule has 2 atom stereocenters. The number of hydrogen-bond donors (Lipinski definition) is 2. The first kappa shape index (κ1) is 15.6. The van der Waals surface area contributed by atoms with Gasteiger partial charge in [0, 0.05) is 24.1 Å². The Bertz CT molecular complexity index is 515. The summed E-state index contributed by atoms with van der Waals surface area (Å²) in [5.74, 6) is 0.837. The van der Waals surface area contributed by atoms with Crippen molar-refractivity contribution in [2.75, 3.05) is 7.11 Å². The van der Waals surface area contributed by atoms with Crippen molar-refractivity contribution in [3.63, 3.8) is 0 Å². The minimum atomic E-state index is -0.818. The van der Waals surface area contributed by atoms with Gasteiger partial charge in [-0.05, 0) is 25.5 Å². The summed E-state index contributed by atoms with van der Waals surface area (Å²) < 4.78 is 11.2. The molecule has 0 amide bonds. The van der Waals surface area contributed by atoms with Crippen LogP contribution in [0.4, 0.5) is 0 Å². The SMILES string of the molecule is CCCC(NCc1cc2c(cc1OC)CC(C)O2)C(=O)O. The molecule has 1 aromatic rings. The van der Waals surface area contributed by atoms with Crippen LogP contribution in [0.2, 0.25) is 0 Å². The van der Waals surface area contributed by atoms with E-state index in [4.69, 9.17) is 9.47 Å². The summed E-state index contributed by atoms with van der Waals surface area (Å²) in [6, 6.07) is 3.41. The predicted octanol–water partition coefficient (Wildman–Crippen LogP) is 2.36. The molecule has 1 aliphatic heterocycles. The summed E-state index contributed by atoms with van der Waals surface area (Å²) in [5.41, 5.74) is 2.07. The lowest BCUT2D eigenvalue weighted by molar-refractivity contribution is -0.139. The Kier molecular flexibility index (Phi) is 5.07. The Hall–Kier alpha value is -1.75. The maximum Gasteiger partial charge on any atom is 0.320 e. The zero-order chi connectivity index (χ0) is 15.4. The van der Waals surface area contributed by atoms with E-state index in [1.807, 2.05) is 26.0 Å². The summed E-state index contributed by atoms with van der Waals surface area (Å²) in [5, 5.41) is 12.3. The largest absolute Gasteiger partial charge is 0.496 e. The maximum atomic E-state index is 11.2. The molecular formula is C16H23NO4. The van der Waals surface area contributed by atoms with Gasteiger partial charge >= 0.3 is 5.97 Å². The van der Waals surface area contributed by atoms with Crippen LogP contribution in [0.3, 0.4) is 0 Å². The predicted molar refractivity (Wildman–Crippen MR) is 80.0 cm³/mol. The second kappa shape index (κ2) is 6.80. The third kappa shape index (κ3) is 3.67. The topological polar surface area (TPSA) is 67.8 Å². The fraction of sp³-hybridized carbons (Fsp3) is 0.562. The lowest BCUT2D eigenvalue weighted by atomic mass is 10.1. The summed E-state index contributed by atoms with van der Waals surface area (Å²) in [6.45, 7) is 4.46.